The van der Waals surface area contributed by atoms with Crippen LogP contribution in [0.4, 0.5) is 13.2 Å². The van der Waals surface area contributed by atoms with E-state index in [1.165, 1.54) is 24.3 Å². The van der Waals surface area contributed by atoms with Gasteiger partial charge in [-0.15, -0.1) is 0 Å². The SMILES string of the molecule is COC(=O)[C@@H](NC(=O)c1ccccc1)C(F)(F)F. The van der Waals surface area contributed by atoms with Crippen molar-refractivity contribution in [2.75, 3.05) is 7.11 Å². The van der Waals surface area contributed by atoms with E-state index in [9.17, 15) is 22.8 Å². The quantitative estimate of drug-likeness (QED) is 0.839. The van der Waals surface area contributed by atoms with Crippen LogP contribution in [0, 0.1) is 0 Å². The molecule has 4 nitrogen and oxygen atoms in total. The van der Waals surface area contributed by atoms with Gasteiger partial charge < -0.3 is 10.1 Å². The third-order valence-electron chi connectivity index (χ3n) is 2.08. The van der Waals surface area contributed by atoms with Crippen LogP contribution in [-0.4, -0.2) is 31.2 Å². The standard InChI is InChI=1S/C11H10F3NO3/c1-18-10(17)8(11(12,13)14)15-9(16)7-5-3-2-4-6-7/h2-6,8H,1H3,(H,15,16)/t8-/m1/s1. The van der Waals surface area contributed by atoms with Crippen molar-refractivity contribution in [2.24, 2.45) is 0 Å². The van der Waals surface area contributed by atoms with Crippen molar-refractivity contribution in [2.45, 2.75) is 12.2 Å². The Kier molecular flexibility index (Phi) is 4.30. The molecule has 1 N–H and O–H groups in total. The van der Waals surface area contributed by atoms with Crippen molar-refractivity contribution in [1.29, 1.82) is 0 Å². The molecule has 0 bridgehead atoms. The number of hydrogen-bond acceptors (Lipinski definition) is 3. The predicted molar refractivity (Wildman–Crippen MR) is 55.8 cm³/mol. The summed E-state index contributed by atoms with van der Waals surface area (Å²) in [6, 6.07) is 4.60. The van der Waals surface area contributed by atoms with E-state index < -0.39 is 24.1 Å². The van der Waals surface area contributed by atoms with Crippen LogP contribution < -0.4 is 5.32 Å². The average Bonchev–Trinajstić information content (AvgIpc) is 2.34. The van der Waals surface area contributed by atoms with Crippen molar-refractivity contribution in [3.8, 4) is 0 Å². The zero-order valence-corrected chi connectivity index (χ0v) is 9.32. The Morgan fingerprint density at radius 3 is 2.22 bits per heavy atom. The fraction of sp³-hybridized carbons (Fsp3) is 0.273. The minimum absolute atomic E-state index is 0.0238. The summed E-state index contributed by atoms with van der Waals surface area (Å²) >= 11 is 0. The van der Waals surface area contributed by atoms with Gasteiger partial charge in [0.1, 0.15) is 0 Å². The number of esters is 1. The second-order valence-corrected chi connectivity index (χ2v) is 3.34. The maximum absolute atomic E-state index is 12.5. The Hall–Kier alpha value is -2.05. The lowest BCUT2D eigenvalue weighted by Crippen LogP contribution is -2.51. The summed E-state index contributed by atoms with van der Waals surface area (Å²) in [5.74, 6) is -2.56. The summed E-state index contributed by atoms with van der Waals surface area (Å²) in [6.07, 6.45) is -4.91. The molecule has 0 saturated carbocycles. The zero-order chi connectivity index (χ0) is 13.8. The lowest BCUT2D eigenvalue weighted by Gasteiger charge is -2.19. The van der Waals surface area contributed by atoms with Gasteiger partial charge in [0.05, 0.1) is 7.11 Å². The highest BCUT2D eigenvalue weighted by Crippen LogP contribution is 2.21. The molecule has 0 saturated heterocycles. The molecule has 1 amide bonds. The summed E-state index contributed by atoms with van der Waals surface area (Å²) in [4.78, 5) is 22.5. The lowest BCUT2D eigenvalue weighted by molar-refractivity contribution is -0.180. The molecule has 18 heavy (non-hydrogen) atoms. The normalized spacial score (nSPS) is 12.7. The molecule has 0 spiro atoms. The summed E-state index contributed by atoms with van der Waals surface area (Å²) < 4.78 is 41.6. The van der Waals surface area contributed by atoms with Crippen LogP contribution in [-0.2, 0) is 9.53 Å². The van der Waals surface area contributed by atoms with Crippen LogP contribution in [0.25, 0.3) is 0 Å². The van der Waals surface area contributed by atoms with Gasteiger partial charge in [-0.05, 0) is 12.1 Å². The van der Waals surface area contributed by atoms with Crippen LogP contribution >= 0.6 is 0 Å². The van der Waals surface area contributed by atoms with Gasteiger partial charge >= 0.3 is 12.1 Å². The molecule has 0 aromatic heterocycles. The topological polar surface area (TPSA) is 55.4 Å². The van der Waals surface area contributed by atoms with E-state index in [4.69, 9.17) is 0 Å². The monoisotopic (exact) mass is 261 g/mol. The molecule has 0 fully saturated rings. The highest BCUT2D eigenvalue weighted by molar-refractivity contribution is 5.96. The van der Waals surface area contributed by atoms with Crippen LogP contribution in [0.5, 0.6) is 0 Å². The first-order chi connectivity index (χ1) is 8.36. The van der Waals surface area contributed by atoms with E-state index in [1.807, 2.05) is 0 Å². The first-order valence-corrected chi connectivity index (χ1v) is 4.86. The highest BCUT2D eigenvalue weighted by atomic mass is 19.4. The number of benzene rings is 1. The van der Waals surface area contributed by atoms with Crippen molar-refractivity contribution in [3.63, 3.8) is 0 Å². The second kappa shape index (κ2) is 5.52. The maximum atomic E-state index is 12.5. The fourth-order valence-electron chi connectivity index (χ4n) is 1.20. The van der Waals surface area contributed by atoms with Crippen LogP contribution in [0.15, 0.2) is 30.3 Å². The number of nitrogens with one attached hydrogen (secondary N) is 1. The van der Waals surface area contributed by atoms with Gasteiger partial charge in [-0.1, -0.05) is 18.2 Å². The Labute approximate surface area is 101 Å². The molecule has 0 aliphatic rings. The van der Waals surface area contributed by atoms with Gasteiger partial charge in [0.2, 0.25) is 6.04 Å². The summed E-state index contributed by atoms with van der Waals surface area (Å²) in [5.41, 5.74) is 0.0238. The van der Waals surface area contributed by atoms with Gasteiger partial charge in [-0.3, -0.25) is 4.79 Å². The molecule has 0 aliphatic heterocycles. The van der Waals surface area contributed by atoms with E-state index in [2.05, 4.69) is 4.74 Å². The molecule has 0 aliphatic carbocycles. The number of carbonyl (C=O) groups is 2. The Morgan fingerprint density at radius 1 is 1.22 bits per heavy atom. The number of methoxy groups -OCH3 is 1. The lowest BCUT2D eigenvalue weighted by atomic mass is 10.2. The molecular formula is C11H10F3NO3. The number of rotatable bonds is 3. The maximum Gasteiger partial charge on any atom is 0.419 e. The van der Waals surface area contributed by atoms with Crippen molar-refractivity contribution in [3.05, 3.63) is 35.9 Å². The minimum Gasteiger partial charge on any atom is -0.467 e. The molecule has 1 aromatic carbocycles. The van der Waals surface area contributed by atoms with E-state index in [-0.39, 0.29) is 5.56 Å². The molecule has 0 radical (unpaired) electrons. The number of amides is 1. The fourth-order valence-corrected chi connectivity index (χ4v) is 1.20. The summed E-state index contributed by atoms with van der Waals surface area (Å²) in [5, 5.41) is 1.59. The Morgan fingerprint density at radius 2 is 1.78 bits per heavy atom. The van der Waals surface area contributed by atoms with E-state index in [1.54, 1.807) is 11.4 Å². The molecule has 7 heteroatoms. The molecular weight excluding hydrogens is 251 g/mol. The second-order valence-electron chi connectivity index (χ2n) is 3.34. The van der Waals surface area contributed by atoms with Gasteiger partial charge in [-0.25, -0.2) is 4.79 Å². The predicted octanol–water partition coefficient (Wildman–Crippen LogP) is 1.52. The third-order valence-corrected chi connectivity index (χ3v) is 2.08. The average molecular weight is 261 g/mol. The first kappa shape index (κ1) is 14.0. The molecule has 0 heterocycles. The third kappa shape index (κ3) is 3.47. The van der Waals surface area contributed by atoms with Crippen molar-refractivity contribution >= 4 is 11.9 Å². The number of ether oxygens (including phenoxy) is 1. The van der Waals surface area contributed by atoms with Gasteiger partial charge in [0, 0.05) is 5.56 Å². The number of carbonyl (C=O) groups excluding carboxylic acids is 2. The summed E-state index contributed by atoms with van der Waals surface area (Å²) in [6.45, 7) is 0. The van der Waals surface area contributed by atoms with Crippen LogP contribution in [0.1, 0.15) is 10.4 Å². The molecule has 1 rings (SSSR count). The molecule has 98 valence electrons. The molecule has 1 atom stereocenters. The van der Waals surface area contributed by atoms with Crippen molar-refractivity contribution < 1.29 is 27.5 Å². The summed E-state index contributed by atoms with van der Waals surface area (Å²) in [7, 11) is 0.815. The minimum atomic E-state index is -4.91. The number of alkyl halides is 3. The Bertz CT molecular complexity index is 431. The van der Waals surface area contributed by atoms with Crippen LogP contribution in [0.3, 0.4) is 0 Å². The van der Waals surface area contributed by atoms with Gasteiger partial charge in [0.15, 0.2) is 0 Å². The Balaban J connectivity index is 2.86. The van der Waals surface area contributed by atoms with E-state index in [0.29, 0.717) is 0 Å². The smallest absolute Gasteiger partial charge is 0.419 e. The van der Waals surface area contributed by atoms with Crippen LogP contribution in [0.2, 0.25) is 0 Å². The largest absolute Gasteiger partial charge is 0.467 e. The molecule has 0 unspecified atom stereocenters. The van der Waals surface area contributed by atoms with Gasteiger partial charge in [-0.2, -0.15) is 13.2 Å². The highest BCUT2D eigenvalue weighted by Gasteiger charge is 2.47. The molecule has 1 aromatic rings. The van der Waals surface area contributed by atoms with Crippen molar-refractivity contribution in [1.82, 2.24) is 5.32 Å². The van der Waals surface area contributed by atoms with Gasteiger partial charge in [0.25, 0.3) is 5.91 Å². The van der Waals surface area contributed by atoms with E-state index >= 15 is 0 Å². The number of hydrogen-bond donors (Lipinski definition) is 1. The number of halogens is 3. The zero-order valence-electron chi connectivity index (χ0n) is 9.32. The van der Waals surface area contributed by atoms with E-state index in [0.717, 1.165) is 7.11 Å². The first-order valence-electron chi connectivity index (χ1n) is 4.86.